The lowest BCUT2D eigenvalue weighted by atomic mass is 10.0. The van der Waals surface area contributed by atoms with Crippen molar-refractivity contribution in [1.82, 2.24) is 0 Å². The molecule has 0 aliphatic heterocycles. The van der Waals surface area contributed by atoms with Gasteiger partial charge in [0.2, 0.25) is 0 Å². The minimum absolute atomic E-state index is 0.377. The van der Waals surface area contributed by atoms with Crippen LogP contribution in [-0.4, -0.2) is 11.9 Å². The van der Waals surface area contributed by atoms with E-state index >= 15 is 0 Å². The van der Waals surface area contributed by atoms with E-state index in [0.717, 1.165) is 11.1 Å². The second-order valence-corrected chi connectivity index (χ2v) is 5.54. The van der Waals surface area contributed by atoms with Gasteiger partial charge in [0.15, 0.2) is 0 Å². The van der Waals surface area contributed by atoms with E-state index in [0.29, 0.717) is 12.5 Å². The van der Waals surface area contributed by atoms with Crippen LogP contribution in [0.4, 0.5) is 0 Å². The van der Waals surface area contributed by atoms with E-state index in [9.17, 15) is 0 Å². The quantitative estimate of drug-likeness (QED) is 0.715. The second-order valence-electron chi connectivity index (χ2n) is 4.90. The molecule has 2 heteroatoms. The average Bonchev–Trinajstić information content (AvgIpc) is 2.39. The maximum absolute atomic E-state index is 5.95. The first kappa shape index (κ1) is 14.1. The lowest BCUT2D eigenvalue weighted by molar-refractivity contribution is 0.298. The standard InChI is InChI=1S/C17H19BrO/c1-13-8-14(2)10-17(9-13)19-12-16(11-18)15-6-4-3-5-7-15/h3-10,16H,11-12H2,1-2H3. The van der Waals surface area contributed by atoms with E-state index in [2.05, 4.69) is 72.2 Å². The molecule has 0 fully saturated rings. The van der Waals surface area contributed by atoms with Crippen LogP contribution in [0, 0.1) is 13.8 Å². The van der Waals surface area contributed by atoms with Gasteiger partial charge in [0.1, 0.15) is 5.75 Å². The first-order valence-corrected chi connectivity index (χ1v) is 7.63. The summed E-state index contributed by atoms with van der Waals surface area (Å²) in [6, 6.07) is 16.8. The van der Waals surface area contributed by atoms with Gasteiger partial charge in [-0.05, 0) is 42.7 Å². The second kappa shape index (κ2) is 6.76. The fourth-order valence-corrected chi connectivity index (χ4v) is 2.73. The number of hydrogen-bond acceptors (Lipinski definition) is 1. The monoisotopic (exact) mass is 318 g/mol. The number of halogens is 1. The van der Waals surface area contributed by atoms with E-state index in [1.165, 1.54) is 16.7 Å². The number of aryl methyl sites for hydroxylation is 2. The lowest BCUT2D eigenvalue weighted by Crippen LogP contribution is -2.11. The van der Waals surface area contributed by atoms with Crippen molar-refractivity contribution in [2.45, 2.75) is 19.8 Å². The third kappa shape index (κ3) is 4.10. The summed E-state index contributed by atoms with van der Waals surface area (Å²) >= 11 is 3.58. The van der Waals surface area contributed by atoms with E-state index in [1.54, 1.807) is 0 Å². The third-order valence-corrected chi connectivity index (χ3v) is 3.89. The Morgan fingerprint density at radius 1 is 1.00 bits per heavy atom. The Hall–Kier alpha value is -1.28. The SMILES string of the molecule is Cc1cc(C)cc(OCC(CBr)c2ccccc2)c1. The maximum atomic E-state index is 5.95. The number of rotatable bonds is 5. The minimum atomic E-state index is 0.377. The molecule has 1 unspecified atom stereocenters. The molecule has 0 heterocycles. The first-order chi connectivity index (χ1) is 9.19. The van der Waals surface area contributed by atoms with Crippen molar-refractivity contribution >= 4 is 15.9 Å². The van der Waals surface area contributed by atoms with Gasteiger partial charge in [-0.3, -0.25) is 0 Å². The van der Waals surface area contributed by atoms with Gasteiger partial charge in [-0.1, -0.05) is 52.3 Å². The van der Waals surface area contributed by atoms with Gasteiger partial charge in [-0.15, -0.1) is 0 Å². The number of hydrogen-bond donors (Lipinski definition) is 0. The van der Waals surface area contributed by atoms with E-state index in [1.807, 2.05) is 6.07 Å². The Morgan fingerprint density at radius 2 is 1.63 bits per heavy atom. The van der Waals surface area contributed by atoms with Gasteiger partial charge in [0.25, 0.3) is 0 Å². The zero-order valence-corrected chi connectivity index (χ0v) is 13.0. The van der Waals surface area contributed by atoms with Crippen LogP contribution in [0.1, 0.15) is 22.6 Å². The molecule has 0 saturated heterocycles. The fraction of sp³-hybridized carbons (Fsp3) is 0.294. The topological polar surface area (TPSA) is 9.23 Å². The Bertz CT molecular complexity index is 502. The highest BCUT2D eigenvalue weighted by Crippen LogP contribution is 2.22. The molecular weight excluding hydrogens is 300 g/mol. The molecule has 0 saturated carbocycles. The van der Waals surface area contributed by atoms with Gasteiger partial charge in [-0.2, -0.15) is 0 Å². The van der Waals surface area contributed by atoms with Crippen LogP contribution in [0.15, 0.2) is 48.5 Å². The molecule has 100 valence electrons. The summed E-state index contributed by atoms with van der Waals surface area (Å²) in [6.45, 7) is 4.89. The predicted octanol–water partition coefficient (Wildman–Crippen LogP) is 4.86. The maximum Gasteiger partial charge on any atom is 0.119 e. The molecular formula is C17H19BrO. The Labute approximate surface area is 123 Å². The molecule has 2 aromatic carbocycles. The highest BCUT2D eigenvalue weighted by molar-refractivity contribution is 9.09. The molecule has 0 N–H and O–H groups in total. The number of alkyl halides is 1. The largest absolute Gasteiger partial charge is 0.493 e. The molecule has 0 amide bonds. The fourth-order valence-electron chi connectivity index (χ4n) is 2.17. The van der Waals surface area contributed by atoms with Crippen LogP contribution in [0.5, 0.6) is 5.75 Å². The van der Waals surface area contributed by atoms with Crippen molar-refractivity contribution in [3.8, 4) is 5.75 Å². The highest BCUT2D eigenvalue weighted by atomic mass is 79.9. The van der Waals surface area contributed by atoms with Crippen LogP contribution < -0.4 is 4.74 Å². The van der Waals surface area contributed by atoms with E-state index in [4.69, 9.17) is 4.74 Å². The molecule has 2 rings (SSSR count). The van der Waals surface area contributed by atoms with Crippen LogP contribution in [0.3, 0.4) is 0 Å². The summed E-state index contributed by atoms with van der Waals surface area (Å²) in [7, 11) is 0. The van der Waals surface area contributed by atoms with Crippen LogP contribution in [0.2, 0.25) is 0 Å². The van der Waals surface area contributed by atoms with Crippen molar-refractivity contribution in [2.24, 2.45) is 0 Å². The molecule has 0 aliphatic carbocycles. The molecule has 0 aromatic heterocycles. The predicted molar refractivity (Wildman–Crippen MR) is 84.4 cm³/mol. The van der Waals surface area contributed by atoms with Crippen molar-refractivity contribution in [2.75, 3.05) is 11.9 Å². The van der Waals surface area contributed by atoms with E-state index in [-0.39, 0.29) is 0 Å². The Balaban J connectivity index is 2.04. The molecule has 1 atom stereocenters. The Kier molecular flexibility index (Phi) is 5.03. The van der Waals surface area contributed by atoms with Crippen molar-refractivity contribution in [3.63, 3.8) is 0 Å². The van der Waals surface area contributed by atoms with Gasteiger partial charge in [0, 0.05) is 11.2 Å². The minimum Gasteiger partial charge on any atom is -0.493 e. The van der Waals surface area contributed by atoms with Crippen LogP contribution in [0.25, 0.3) is 0 Å². The zero-order chi connectivity index (χ0) is 13.7. The van der Waals surface area contributed by atoms with Gasteiger partial charge in [0.05, 0.1) is 6.61 Å². The zero-order valence-electron chi connectivity index (χ0n) is 11.4. The molecule has 0 bridgehead atoms. The molecule has 0 aliphatic rings. The van der Waals surface area contributed by atoms with Crippen molar-refractivity contribution < 1.29 is 4.74 Å². The molecule has 2 aromatic rings. The summed E-state index contributed by atoms with van der Waals surface area (Å²) in [5.74, 6) is 1.33. The molecule has 1 nitrogen and oxygen atoms in total. The molecule has 0 spiro atoms. The van der Waals surface area contributed by atoms with Crippen LogP contribution in [-0.2, 0) is 0 Å². The van der Waals surface area contributed by atoms with Gasteiger partial charge >= 0.3 is 0 Å². The smallest absolute Gasteiger partial charge is 0.119 e. The van der Waals surface area contributed by atoms with Crippen molar-refractivity contribution in [1.29, 1.82) is 0 Å². The van der Waals surface area contributed by atoms with E-state index < -0.39 is 0 Å². The molecule has 19 heavy (non-hydrogen) atoms. The van der Waals surface area contributed by atoms with Gasteiger partial charge < -0.3 is 4.74 Å². The summed E-state index contributed by atoms with van der Waals surface area (Å²) in [4.78, 5) is 0. The highest BCUT2D eigenvalue weighted by Gasteiger charge is 2.10. The Morgan fingerprint density at radius 3 is 2.21 bits per heavy atom. The summed E-state index contributed by atoms with van der Waals surface area (Å²) in [5.41, 5.74) is 3.79. The summed E-state index contributed by atoms with van der Waals surface area (Å²) in [5, 5.41) is 0.905. The number of ether oxygens (including phenoxy) is 1. The lowest BCUT2D eigenvalue weighted by Gasteiger charge is -2.16. The summed E-state index contributed by atoms with van der Waals surface area (Å²) in [6.07, 6.45) is 0. The average molecular weight is 319 g/mol. The van der Waals surface area contributed by atoms with Crippen LogP contribution >= 0.6 is 15.9 Å². The summed E-state index contributed by atoms with van der Waals surface area (Å²) < 4.78 is 5.95. The van der Waals surface area contributed by atoms with Gasteiger partial charge in [-0.25, -0.2) is 0 Å². The third-order valence-electron chi connectivity index (χ3n) is 3.10. The normalized spacial score (nSPS) is 12.2. The first-order valence-electron chi connectivity index (χ1n) is 6.51. The molecule has 0 radical (unpaired) electrons. The number of benzene rings is 2. The van der Waals surface area contributed by atoms with Crippen molar-refractivity contribution in [3.05, 3.63) is 65.2 Å².